The van der Waals surface area contributed by atoms with Crippen LogP contribution in [0.2, 0.25) is 0 Å². The van der Waals surface area contributed by atoms with E-state index in [1.165, 1.54) is 0 Å². The number of rotatable bonds is 4. The third kappa shape index (κ3) is 3.09. The number of carbonyl (C=O) groups is 1. The molecule has 3 aromatic carbocycles. The number of fused-ring (bicyclic) bond motifs is 3. The second kappa shape index (κ2) is 7.43. The van der Waals surface area contributed by atoms with Crippen LogP contribution in [0.3, 0.4) is 0 Å². The van der Waals surface area contributed by atoms with Crippen LogP contribution >= 0.6 is 0 Å². The first-order valence-corrected chi connectivity index (χ1v) is 9.67. The number of hydrogen-bond acceptors (Lipinski definition) is 7. The van der Waals surface area contributed by atoms with E-state index in [2.05, 4.69) is 0 Å². The van der Waals surface area contributed by atoms with Gasteiger partial charge < -0.3 is 28.4 Å². The zero-order chi connectivity index (χ0) is 21.5. The average Bonchev–Trinajstić information content (AvgIpc) is 3.22. The first-order chi connectivity index (χ1) is 15.1. The Kier molecular flexibility index (Phi) is 4.58. The summed E-state index contributed by atoms with van der Waals surface area (Å²) in [5, 5.41) is 0. The Morgan fingerprint density at radius 1 is 0.710 bits per heavy atom. The van der Waals surface area contributed by atoms with Crippen molar-refractivity contribution in [2.24, 2.45) is 0 Å². The SMILES string of the molecule is COc1cc(-c2ccc3c(c2)COc2cc4c(cc2C3=O)OCO4)cc(OC)c1OC. The fourth-order valence-corrected chi connectivity index (χ4v) is 3.88. The van der Waals surface area contributed by atoms with Crippen molar-refractivity contribution in [2.45, 2.75) is 6.61 Å². The van der Waals surface area contributed by atoms with Gasteiger partial charge in [-0.05, 0) is 35.4 Å². The minimum Gasteiger partial charge on any atom is -0.493 e. The highest BCUT2D eigenvalue weighted by atomic mass is 16.7. The number of carbonyl (C=O) groups excluding carboxylic acids is 1. The lowest BCUT2D eigenvalue weighted by Gasteiger charge is -2.15. The van der Waals surface area contributed by atoms with Crippen molar-refractivity contribution in [2.75, 3.05) is 28.1 Å². The van der Waals surface area contributed by atoms with Crippen molar-refractivity contribution in [3.05, 3.63) is 59.2 Å². The molecule has 0 radical (unpaired) electrons. The Labute approximate surface area is 179 Å². The third-order valence-corrected chi connectivity index (χ3v) is 5.45. The van der Waals surface area contributed by atoms with Crippen LogP contribution in [0.1, 0.15) is 21.5 Å². The molecular formula is C24H20O7. The van der Waals surface area contributed by atoms with Crippen LogP contribution in [0.15, 0.2) is 42.5 Å². The molecule has 0 fully saturated rings. The Hall–Kier alpha value is -3.87. The molecule has 2 heterocycles. The predicted octanol–water partition coefficient (Wildman–Crippen LogP) is 4.23. The predicted molar refractivity (Wildman–Crippen MR) is 112 cm³/mol. The minimum absolute atomic E-state index is 0.114. The van der Waals surface area contributed by atoms with Crippen LogP contribution < -0.4 is 28.4 Å². The maximum absolute atomic E-state index is 13.2. The molecule has 2 aliphatic heterocycles. The number of ether oxygens (including phenoxy) is 6. The summed E-state index contributed by atoms with van der Waals surface area (Å²) in [6.07, 6.45) is 0. The van der Waals surface area contributed by atoms with E-state index in [0.29, 0.717) is 45.6 Å². The molecule has 0 aromatic heterocycles. The highest BCUT2D eigenvalue weighted by molar-refractivity contribution is 6.12. The summed E-state index contributed by atoms with van der Waals surface area (Å²) >= 11 is 0. The standard InChI is InChI=1S/C24H20O7/c1-26-21-7-14(8-22(27-2)24(21)28-3)13-4-5-16-15(6-13)11-29-18-10-20-19(30-12-31-20)9-17(18)23(16)25/h4-10H,11-12H2,1-3H3. The Morgan fingerprint density at radius 3 is 2.10 bits per heavy atom. The van der Waals surface area contributed by atoms with Crippen molar-refractivity contribution in [1.29, 1.82) is 0 Å². The second-order valence-corrected chi connectivity index (χ2v) is 7.11. The van der Waals surface area contributed by atoms with E-state index in [1.807, 2.05) is 30.3 Å². The number of benzene rings is 3. The molecule has 7 nitrogen and oxygen atoms in total. The molecule has 0 unspecified atom stereocenters. The van der Waals surface area contributed by atoms with Gasteiger partial charge in [0.1, 0.15) is 12.4 Å². The molecule has 0 saturated carbocycles. The van der Waals surface area contributed by atoms with Crippen molar-refractivity contribution in [3.8, 4) is 45.6 Å². The fraction of sp³-hybridized carbons (Fsp3) is 0.208. The van der Waals surface area contributed by atoms with E-state index in [4.69, 9.17) is 28.4 Å². The van der Waals surface area contributed by atoms with Crippen LogP contribution in [0.4, 0.5) is 0 Å². The maximum Gasteiger partial charge on any atom is 0.231 e. The zero-order valence-electron chi connectivity index (χ0n) is 17.3. The summed E-state index contributed by atoms with van der Waals surface area (Å²) in [4.78, 5) is 13.2. The van der Waals surface area contributed by atoms with E-state index in [9.17, 15) is 4.79 Å². The van der Waals surface area contributed by atoms with Gasteiger partial charge in [-0.3, -0.25) is 4.79 Å². The zero-order valence-corrected chi connectivity index (χ0v) is 17.3. The molecule has 158 valence electrons. The fourth-order valence-electron chi connectivity index (χ4n) is 3.88. The second-order valence-electron chi connectivity index (χ2n) is 7.11. The minimum atomic E-state index is -0.114. The summed E-state index contributed by atoms with van der Waals surface area (Å²) in [5.74, 6) is 3.14. The first-order valence-electron chi connectivity index (χ1n) is 9.67. The average molecular weight is 420 g/mol. The molecule has 0 N–H and O–H groups in total. The number of hydrogen-bond donors (Lipinski definition) is 0. The highest BCUT2D eigenvalue weighted by Crippen LogP contribution is 2.43. The van der Waals surface area contributed by atoms with Gasteiger partial charge in [0.15, 0.2) is 28.8 Å². The summed E-state index contributed by atoms with van der Waals surface area (Å²) in [5.41, 5.74) is 3.61. The van der Waals surface area contributed by atoms with Crippen molar-refractivity contribution in [3.63, 3.8) is 0 Å². The van der Waals surface area contributed by atoms with Crippen molar-refractivity contribution < 1.29 is 33.2 Å². The molecule has 0 saturated heterocycles. The summed E-state index contributed by atoms with van der Waals surface area (Å²) in [7, 11) is 4.72. The van der Waals surface area contributed by atoms with Gasteiger partial charge in [-0.15, -0.1) is 0 Å². The number of methoxy groups -OCH3 is 3. The van der Waals surface area contributed by atoms with Gasteiger partial charge in [-0.25, -0.2) is 0 Å². The summed E-state index contributed by atoms with van der Waals surface area (Å²) in [6, 6.07) is 12.8. The molecule has 0 spiro atoms. The van der Waals surface area contributed by atoms with E-state index in [-0.39, 0.29) is 19.2 Å². The van der Waals surface area contributed by atoms with E-state index >= 15 is 0 Å². The molecule has 0 aliphatic carbocycles. The van der Waals surface area contributed by atoms with E-state index in [0.717, 1.165) is 16.7 Å². The summed E-state index contributed by atoms with van der Waals surface area (Å²) < 4.78 is 33.1. The largest absolute Gasteiger partial charge is 0.493 e. The van der Waals surface area contributed by atoms with Gasteiger partial charge >= 0.3 is 0 Å². The van der Waals surface area contributed by atoms with E-state index in [1.54, 1.807) is 33.5 Å². The van der Waals surface area contributed by atoms with Crippen LogP contribution in [0.25, 0.3) is 11.1 Å². The molecule has 0 bridgehead atoms. The van der Waals surface area contributed by atoms with Crippen molar-refractivity contribution in [1.82, 2.24) is 0 Å². The van der Waals surface area contributed by atoms with Crippen LogP contribution in [0.5, 0.6) is 34.5 Å². The van der Waals surface area contributed by atoms with Gasteiger partial charge in [0.25, 0.3) is 0 Å². The van der Waals surface area contributed by atoms with Crippen molar-refractivity contribution >= 4 is 5.78 Å². The Morgan fingerprint density at radius 2 is 1.42 bits per heavy atom. The van der Waals surface area contributed by atoms with Gasteiger partial charge in [0.2, 0.25) is 12.5 Å². The van der Waals surface area contributed by atoms with E-state index < -0.39 is 0 Å². The lowest BCUT2D eigenvalue weighted by Crippen LogP contribution is -2.03. The highest BCUT2D eigenvalue weighted by Gasteiger charge is 2.27. The van der Waals surface area contributed by atoms with Gasteiger partial charge in [-0.1, -0.05) is 12.1 Å². The third-order valence-electron chi connectivity index (χ3n) is 5.45. The lowest BCUT2D eigenvalue weighted by atomic mass is 9.94. The van der Waals surface area contributed by atoms with Crippen LogP contribution in [0, 0.1) is 0 Å². The maximum atomic E-state index is 13.2. The Balaban J connectivity index is 1.57. The molecule has 3 aromatic rings. The molecule has 0 atom stereocenters. The molecule has 5 rings (SSSR count). The normalized spacial score (nSPS) is 13.6. The van der Waals surface area contributed by atoms with Gasteiger partial charge in [-0.2, -0.15) is 0 Å². The topological polar surface area (TPSA) is 72.5 Å². The Bertz CT molecular complexity index is 1170. The molecule has 2 aliphatic rings. The van der Waals surface area contributed by atoms with Gasteiger partial charge in [0, 0.05) is 17.2 Å². The smallest absolute Gasteiger partial charge is 0.231 e. The summed E-state index contributed by atoms with van der Waals surface area (Å²) in [6.45, 7) is 0.396. The first kappa shape index (κ1) is 19.1. The van der Waals surface area contributed by atoms with Crippen LogP contribution in [-0.2, 0) is 6.61 Å². The molecular weight excluding hydrogens is 400 g/mol. The number of ketones is 1. The van der Waals surface area contributed by atoms with Gasteiger partial charge in [0.05, 0.1) is 26.9 Å². The monoisotopic (exact) mass is 420 g/mol. The molecule has 31 heavy (non-hydrogen) atoms. The molecule has 0 amide bonds. The molecule has 7 heteroatoms. The lowest BCUT2D eigenvalue weighted by molar-refractivity contribution is 0.103. The quantitative estimate of drug-likeness (QED) is 0.625. The van der Waals surface area contributed by atoms with Crippen LogP contribution in [-0.4, -0.2) is 33.9 Å².